The van der Waals surface area contributed by atoms with Crippen LogP contribution >= 0.6 is 0 Å². The van der Waals surface area contributed by atoms with Crippen molar-refractivity contribution in [1.82, 2.24) is 4.98 Å². The number of aliphatic hydroxyl groups excluding tert-OH is 2. The van der Waals surface area contributed by atoms with Gasteiger partial charge >= 0.3 is 0 Å². The highest BCUT2D eigenvalue weighted by atomic mass is 16.3. The Balaban J connectivity index is 2.05. The van der Waals surface area contributed by atoms with Crippen molar-refractivity contribution in [3.05, 3.63) is 30.6 Å². The molecule has 1 aromatic heterocycles. The summed E-state index contributed by atoms with van der Waals surface area (Å²) >= 11 is 0. The molecule has 94 valence electrons. The monoisotopic (exact) mass is 245 g/mol. The Labute approximate surface area is 104 Å². The highest BCUT2D eigenvalue weighted by molar-refractivity contribution is 5.98. The zero-order valence-electron chi connectivity index (χ0n) is 9.82. The molecule has 2 unspecified atom stereocenters. The van der Waals surface area contributed by atoms with E-state index in [1.54, 1.807) is 12.4 Å². The number of aromatic nitrogens is 1. The first kappa shape index (κ1) is 11.3. The minimum atomic E-state index is -0.711. The standard InChI is InChI=1S/C13H15N3O2/c14-13-9-3-4-15-5-8(9)1-2-10(13)16-6-11(17)12(18)7-16/h1-5,11-12,17-18H,6-7,14H2. The molecular weight excluding hydrogens is 230 g/mol. The minimum absolute atomic E-state index is 0.405. The Morgan fingerprint density at radius 1 is 1.17 bits per heavy atom. The van der Waals surface area contributed by atoms with Crippen LogP contribution in [0, 0.1) is 0 Å². The van der Waals surface area contributed by atoms with Gasteiger partial charge in [-0.1, -0.05) is 6.07 Å². The average molecular weight is 245 g/mol. The van der Waals surface area contributed by atoms with Crippen LogP contribution in [0.5, 0.6) is 0 Å². The summed E-state index contributed by atoms with van der Waals surface area (Å²) in [6.45, 7) is 0.809. The molecule has 0 amide bonds. The van der Waals surface area contributed by atoms with Gasteiger partial charge in [0.1, 0.15) is 0 Å². The van der Waals surface area contributed by atoms with Crippen LogP contribution in [0.3, 0.4) is 0 Å². The first-order valence-electron chi connectivity index (χ1n) is 5.90. The number of pyridine rings is 1. The second-order valence-electron chi connectivity index (χ2n) is 4.63. The van der Waals surface area contributed by atoms with E-state index in [1.165, 1.54) is 0 Å². The molecule has 0 bridgehead atoms. The molecule has 5 heteroatoms. The minimum Gasteiger partial charge on any atom is -0.397 e. The number of benzene rings is 1. The molecule has 0 radical (unpaired) electrons. The van der Waals surface area contributed by atoms with E-state index in [0.29, 0.717) is 18.8 Å². The molecule has 2 heterocycles. The summed E-state index contributed by atoms with van der Waals surface area (Å²) in [6.07, 6.45) is 2.05. The first-order valence-corrected chi connectivity index (χ1v) is 5.90. The molecule has 5 nitrogen and oxygen atoms in total. The number of nitrogens with two attached hydrogens (primary N) is 1. The lowest BCUT2D eigenvalue weighted by atomic mass is 10.1. The van der Waals surface area contributed by atoms with Crippen LogP contribution in [-0.4, -0.2) is 40.5 Å². The van der Waals surface area contributed by atoms with Gasteiger partial charge in [0.2, 0.25) is 0 Å². The lowest BCUT2D eigenvalue weighted by Gasteiger charge is -2.20. The number of fused-ring (bicyclic) bond motifs is 1. The maximum Gasteiger partial charge on any atom is 0.0990 e. The largest absolute Gasteiger partial charge is 0.397 e. The molecule has 2 atom stereocenters. The van der Waals surface area contributed by atoms with Crippen LogP contribution in [0.15, 0.2) is 30.6 Å². The molecule has 1 aliphatic heterocycles. The number of aliphatic hydroxyl groups is 2. The van der Waals surface area contributed by atoms with E-state index in [9.17, 15) is 10.2 Å². The Morgan fingerprint density at radius 3 is 2.61 bits per heavy atom. The van der Waals surface area contributed by atoms with Crippen molar-refractivity contribution in [3.8, 4) is 0 Å². The molecular formula is C13H15N3O2. The molecule has 1 aliphatic rings. The summed E-state index contributed by atoms with van der Waals surface area (Å²) in [5.41, 5.74) is 7.67. The van der Waals surface area contributed by atoms with Gasteiger partial charge in [0, 0.05) is 36.3 Å². The quantitative estimate of drug-likeness (QED) is 0.632. The molecule has 3 rings (SSSR count). The third-order valence-electron chi connectivity index (χ3n) is 3.44. The topological polar surface area (TPSA) is 82.6 Å². The number of hydrogen-bond acceptors (Lipinski definition) is 5. The van der Waals surface area contributed by atoms with E-state index in [-0.39, 0.29) is 0 Å². The predicted molar refractivity (Wildman–Crippen MR) is 70.4 cm³/mol. The molecule has 18 heavy (non-hydrogen) atoms. The van der Waals surface area contributed by atoms with Crippen molar-refractivity contribution in [2.75, 3.05) is 23.7 Å². The molecule has 0 aliphatic carbocycles. The maximum atomic E-state index is 9.59. The van der Waals surface area contributed by atoms with E-state index in [0.717, 1.165) is 16.5 Å². The highest BCUT2D eigenvalue weighted by Gasteiger charge is 2.30. The number of anilines is 2. The molecule has 1 fully saturated rings. The number of nitrogen functional groups attached to an aromatic ring is 1. The fourth-order valence-electron chi connectivity index (χ4n) is 2.42. The number of β-amino-alcohol motifs (C(OH)–C–C–N with tert-alkyl or cyclic N) is 2. The van der Waals surface area contributed by atoms with Crippen molar-refractivity contribution in [1.29, 1.82) is 0 Å². The van der Waals surface area contributed by atoms with Gasteiger partial charge in [0.15, 0.2) is 0 Å². The third-order valence-corrected chi connectivity index (χ3v) is 3.44. The van der Waals surface area contributed by atoms with Crippen LogP contribution in [0.1, 0.15) is 0 Å². The number of hydrogen-bond donors (Lipinski definition) is 3. The molecule has 4 N–H and O–H groups in total. The fourth-order valence-corrected chi connectivity index (χ4v) is 2.42. The smallest absolute Gasteiger partial charge is 0.0990 e. The average Bonchev–Trinajstić information content (AvgIpc) is 2.70. The van der Waals surface area contributed by atoms with Crippen LogP contribution in [-0.2, 0) is 0 Å². The highest BCUT2D eigenvalue weighted by Crippen LogP contribution is 2.32. The lowest BCUT2D eigenvalue weighted by Crippen LogP contribution is -2.22. The normalized spacial score (nSPS) is 23.8. The van der Waals surface area contributed by atoms with E-state index >= 15 is 0 Å². The van der Waals surface area contributed by atoms with Crippen molar-refractivity contribution in [3.63, 3.8) is 0 Å². The van der Waals surface area contributed by atoms with Crippen molar-refractivity contribution in [2.45, 2.75) is 12.2 Å². The van der Waals surface area contributed by atoms with Crippen LogP contribution in [0.4, 0.5) is 11.4 Å². The van der Waals surface area contributed by atoms with E-state index in [2.05, 4.69) is 4.98 Å². The van der Waals surface area contributed by atoms with Gasteiger partial charge < -0.3 is 20.8 Å². The van der Waals surface area contributed by atoms with E-state index < -0.39 is 12.2 Å². The first-order chi connectivity index (χ1) is 8.66. The zero-order valence-corrected chi connectivity index (χ0v) is 9.82. The van der Waals surface area contributed by atoms with Crippen molar-refractivity contribution in [2.24, 2.45) is 0 Å². The molecule has 2 aromatic rings. The van der Waals surface area contributed by atoms with Crippen LogP contribution in [0.2, 0.25) is 0 Å². The third kappa shape index (κ3) is 1.68. The fraction of sp³-hybridized carbons (Fsp3) is 0.308. The Morgan fingerprint density at radius 2 is 1.89 bits per heavy atom. The van der Waals surface area contributed by atoms with Gasteiger partial charge in [-0.25, -0.2) is 0 Å². The summed E-state index contributed by atoms with van der Waals surface area (Å²) in [5, 5.41) is 21.1. The van der Waals surface area contributed by atoms with E-state index in [4.69, 9.17) is 5.73 Å². The van der Waals surface area contributed by atoms with Gasteiger partial charge in [-0.2, -0.15) is 0 Å². The summed E-state index contributed by atoms with van der Waals surface area (Å²) < 4.78 is 0. The van der Waals surface area contributed by atoms with Gasteiger partial charge in [-0.15, -0.1) is 0 Å². The maximum absolute atomic E-state index is 9.59. The summed E-state index contributed by atoms with van der Waals surface area (Å²) in [5.74, 6) is 0. The second-order valence-corrected chi connectivity index (χ2v) is 4.63. The molecule has 1 saturated heterocycles. The predicted octanol–water partition coefficient (Wildman–Crippen LogP) is 0.359. The SMILES string of the molecule is Nc1c(N2CC(O)C(O)C2)ccc2cnccc12. The number of nitrogens with zero attached hydrogens (tertiary/aromatic N) is 2. The van der Waals surface area contributed by atoms with Gasteiger partial charge in [-0.05, 0) is 12.1 Å². The Hall–Kier alpha value is -1.85. The Bertz CT molecular complexity index is 577. The molecule has 0 saturated carbocycles. The van der Waals surface area contributed by atoms with Crippen molar-refractivity contribution < 1.29 is 10.2 Å². The van der Waals surface area contributed by atoms with Gasteiger partial charge in [-0.3, -0.25) is 4.98 Å². The van der Waals surface area contributed by atoms with Gasteiger partial charge in [0.05, 0.1) is 23.6 Å². The zero-order chi connectivity index (χ0) is 12.7. The summed E-state index contributed by atoms with van der Waals surface area (Å²) in [4.78, 5) is 5.96. The van der Waals surface area contributed by atoms with Crippen molar-refractivity contribution >= 4 is 22.1 Å². The summed E-state index contributed by atoms with van der Waals surface area (Å²) in [6, 6.07) is 5.73. The summed E-state index contributed by atoms with van der Waals surface area (Å²) in [7, 11) is 0. The van der Waals surface area contributed by atoms with Gasteiger partial charge in [0.25, 0.3) is 0 Å². The number of rotatable bonds is 1. The van der Waals surface area contributed by atoms with Crippen LogP contribution in [0.25, 0.3) is 10.8 Å². The second kappa shape index (κ2) is 4.12. The lowest BCUT2D eigenvalue weighted by molar-refractivity contribution is 0.0572. The van der Waals surface area contributed by atoms with E-state index in [1.807, 2.05) is 23.1 Å². The molecule has 1 aromatic carbocycles. The molecule has 0 spiro atoms. The Kier molecular flexibility index (Phi) is 2.57. The van der Waals surface area contributed by atoms with Crippen LogP contribution < -0.4 is 10.6 Å².